The van der Waals surface area contributed by atoms with E-state index in [2.05, 4.69) is 153 Å². The summed E-state index contributed by atoms with van der Waals surface area (Å²) < 4.78 is 2.45. The van der Waals surface area contributed by atoms with Crippen LogP contribution >= 0.6 is 0 Å². The van der Waals surface area contributed by atoms with Gasteiger partial charge in [-0.1, -0.05) is 160 Å². The van der Waals surface area contributed by atoms with Crippen molar-refractivity contribution in [3.63, 3.8) is 0 Å². The molecule has 0 radical (unpaired) electrons. The number of fused-ring (bicyclic) bond motifs is 7. The molecule has 0 saturated heterocycles. The predicted octanol–water partition coefficient (Wildman–Crippen LogP) is 13.1. The van der Waals surface area contributed by atoms with Crippen LogP contribution in [-0.2, 0) is 5.41 Å². The highest BCUT2D eigenvalue weighted by Crippen LogP contribution is 2.53. The molecular weight excluding hydrogens is 669 g/mol. The topological polar surface area (TPSA) is 43.6 Å². The van der Waals surface area contributed by atoms with Gasteiger partial charge in [-0.25, -0.2) is 15.0 Å². The fourth-order valence-electron chi connectivity index (χ4n) is 8.83. The minimum absolute atomic E-state index is 0.232. The first kappa shape index (κ1) is 32.7. The van der Waals surface area contributed by atoms with E-state index < -0.39 is 0 Å². The number of hydrogen-bond acceptors (Lipinski definition) is 3. The molecule has 1 aliphatic carbocycles. The van der Waals surface area contributed by atoms with Crippen molar-refractivity contribution in [3.8, 4) is 51.0 Å². The molecule has 4 heteroatoms. The molecule has 262 valence electrons. The van der Waals surface area contributed by atoms with E-state index in [9.17, 15) is 0 Å². The summed E-state index contributed by atoms with van der Waals surface area (Å²) in [4.78, 5) is 15.3. The zero-order valence-electron chi connectivity index (χ0n) is 31.1. The molecule has 2 heterocycles. The lowest BCUT2D eigenvalue weighted by Crippen LogP contribution is -2.17. The number of nitrogens with zero attached hydrogens (tertiary/aromatic N) is 4. The van der Waals surface area contributed by atoms with Crippen LogP contribution < -0.4 is 0 Å². The van der Waals surface area contributed by atoms with E-state index in [1.54, 1.807) is 0 Å². The van der Waals surface area contributed by atoms with Crippen molar-refractivity contribution in [1.82, 2.24) is 19.5 Å². The van der Waals surface area contributed by atoms with E-state index in [-0.39, 0.29) is 5.41 Å². The number of hydrogen-bond donors (Lipinski definition) is 0. The molecule has 0 spiro atoms. The lowest BCUT2D eigenvalue weighted by atomic mass is 9.79. The van der Waals surface area contributed by atoms with Gasteiger partial charge in [-0.3, -0.25) is 0 Å². The number of para-hydroxylation sites is 1. The predicted molar refractivity (Wildman–Crippen MR) is 230 cm³/mol. The largest absolute Gasteiger partial charge is 0.309 e. The van der Waals surface area contributed by atoms with E-state index in [1.165, 1.54) is 44.1 Å². The van der Waals surface area contributed by atoms with Gasteiger partial charge < -0.3 is 4.57 Å². The summed E-state index contributed by atoms with van der Waals surface area (Å²) in [6.45, 7) is 11.0. The Morgan fingerprint density at radius 3 is 1.93 bits per heavy atom. The lowest BCUT2D eigenvalue weighted by molar-refractivity contribution is 0.659. The Morgan fingerprint density at radius 2 is 1.24 bits per heavy atom. The normalized spacial score (nSPS) is 13.1. The second-order valence-electron chi connectivity index (χ2n) is 14.8. The first-order chi connectivity index (χ1) is 27.0. The van der Waals surface area contributed by atoms with Gasteiger partial charge >= 0.3 is 0 Å². The second kappa shape index (κ2) is 12.6. The minimum atomic E-state index is -0.232. The molecular formula is C51H38N4. The smallest absolute Gasteiger partial charge is 0.164 e. The quantitative estimate of drug-likeness (QED) is 0.173. The fraction of sp³-hybridized carbons (Fsp3) is 0.0784. The van der Waals surface area contributed by atoms with Crippen molar-refractivity contribution in [2.75, 3.05) is 0 Å². The van der Waals surface area contributed by atoms with Gasteiger partial charge in [-0.15, -0.1) is 0 Å². The van der Waals surface area contributed by atoms with Crippen LogP contribution in [0.15, 0.2) is 158 Å². The third-order valence-electron chi connectivity index (χ3n) is 11.3. The van der Waals surface area contributed by atoms with Crippen molar-refractivity contribution in [3.05, 3.63) is 181 Å². The Morgan fingerprint density at radius 1 is 0.582 bits per heavy atom. The zero-order chi connectivity index (χ0) is 37.3. The molecule has 0 unspecified atom stereocenters. The average Bonchev–Trinajstić information content (AvgIpc) is 3.67. The molecule has 0 N–H and O–H groups in total. The summed E-state index contributed by atoms with van der Waals surface area (Å²) in [5.74, 6) is 1.92. The van der Waals surface area contributed by atoms with Crippen molar-refractivity contribution < 1.29 is 0 Å². The summed E-state index contributed by atoms with van der Waals surface area (Å²) in [5.41, 5.74) is 13.7. The molecule has 0 fully saturated rings. The van der Waals surface area contributed by atoms with Crippen molar-refractivity contribution >= 4 is 44.7 Å². The van der Waals surface area contributed by atoms with Gasteiger partial charge in [0.05, 0.1) is 16.7 Å². The molecule has 9 aromatic rings. The van der Waals surface area contributed by atoms with E-state index >= 15 is 0 Å². The summed E-state index contributed by atoms with van der Waals surface area (Å²) in [7, 11) is 0. The van der Waals surface area contributed by atoms with Crippen LogP contribution in [-0.4, -0.2) is 19.5 Å². The zero-order valence-corrected chi connectivity index (χ0v) is 31.1. The van der Waals surface area contributed by atoms with Gasteiger partial charge in [0, 0.05) is 38.3 Å². The van der Waals surface area contributed by atoms with Crippen molar-refractivity contribution in [1.29, 1.82) is 0 Å². The van der Waals surface area contributed by atoms with Crippen LogP contribution in [0.1, 0.15) is 43.0 Å². The highest BCUT2D eigenvalue weighted by Gasteiger charge is 2.38. The summed E-state index contributed by atoms with van der Waals surface area (Å²) in [5, 5.41) is 4.65. The summed E-state index contributed by atoms with van der Waals surface area (Å²) >= 11 is 0. The van der Waals surface area contributed by atoms with E-state index in [0.717, 1.165) is 44.2 Å². The number of allylic oxidation sites excluding steroid dienone is 1. The molecule has 10 rings (SSSR count). The Kier molecular flexibility index (Phi) is 7.50. The maximum Gasteiger partial charge on any atom is 0.164 e. The standard InChI is InChI=1S/C51H38N4/c1-5-17-36-32(6-2)28-29-38-40-30-41-37-24-13-14-26-43(37)55(45(41)31-42(40)51(3,4)47(36)38)44-27-16-23-33-22-15-25-39(46(33)44)50-53-48(34-18-9-7-10-19-34)52-49(54-50)35-20-11-8-12-21-35/h5-31H,2H2,1,3-4H3/b17-5-. The highest BCUT2D eigenvalue weighted by atomic mass is 15.0. The third kappa shape index (κ3) is 5.02. The molecule has 4 nitrogen and oxygen atoms in total. The monoisotopic (exact) mass is 706 g/mol. The maximum absolute atomic E-state index is 5.18. The van der Waals surface area contributed by atoms with Crippen LogP contribution in [0, 0.1) is 0 Å². The Balaban J connectivity index is 1.26. The minimum Gasteiger partial charge on any atom is -0.309 e. The summed E-state index contributed by atoms with van der Waals surface area (Å²) in [6.07, 6.45) is 6.35. The van der Waals surface area contributed by atoms with Gasteiger partial charge in [0.25, 0.3) is 0 Å². The molecule has 0 bridgehead atoms. The lowest BCUT2D eigenvalue weighted by Gasteiger charge is -2.25. The van der Waals surface area contributed by atoms with E-state index in [4.69, 9.17) is 15.0 Å². The highest BCUT2D eigenvalue weighted by molar-refractivity contribution is 6.14. The molecule has 1 aliphatic rings. The van der Waals surface area contributed by atoms with Crippen LogP contribution in [0.4, 0.5) is 0 Å². The molecule has 0 amide bonds. The molecule has 0 aliphatic heterocycles. The Hall–Kier alpha value is -6.91. The van der Waals surface area contributed by atoms with Crippen molar-refractivity contribution in [2.24, 2.45) is 0 Å². The van der Waals surface area contributed by atoms with Crippen molar-refractivity contribution in [2.45, 2.75) is 26.2 Å². The van der Waals surface area contributed by atoms with Crippen LogP contribution in [0.5, 0.6) is 0 Å². The SMILES string of the molecule is C=Cc1ccc2c(c1/C=C\C)C(C)(C)c1cc3c(cc1-2)c1ccccc1n3-c1cccc2cccc(-c3nc(-c4ccccc4)nc(-c4ccccc4)n3)c12. The van der Waals surface area contributed by atoms with Gasteiger partial charge in [-0.05, 0) is 70.0 Å². The third-order valence-corrected chi connectivity index (χ3v) is 11.3. The van der Waals surface area contributed by atoms with Crippen LogP contribution in [0.2, 0.25) is 0 Å². The van der Waals surface area contributed by atoms with E-state index in [1.807, 2.05) is 42.5 Å². The number of benzene rings is 7. The summed E-state index contributed by atoms with van der Waals surface area (Å²) in [6, 6.07) is 51.5. The molecule has 0 saturated carbocycles. The molecule has 7 aromatic carbocycles. The molecule has 2 aromatic heterocycles. The first-order valence-electron chi connectivity index (χ1n) is 18.9. The van der Waals surface area contributed by atoms with Crippen LogP contribution in [0.25, 0.3) is 95.7 Å². The van der Waals surface area contributed by atoms with Gasteiger partial charge in [0.15, 0.2) is 17.5 Å². The van der Waals surface area contributed by atoms with E-state index in [0.29, 0.717) is 17.5 Å². The van der Waals surface area contributed by atoms with Gasteiger partial charge in [0.1, 0.15) is 0 Å². The number of rotatable bonds is 6. The van der Waals surface area contributed by atoms with Gasteiger partial charge in [0.2, 0.25) is 0 Å². The second-order valence-corrected chi connectivity index (χ2v) is 14.8. The first-order valence-corrected chi connectivity index (χ1v) is 18.9. The van der Waals surface area contributed by atoms with Crippen LogP contribution in [0.3, 0.4) is 0 Å². The molecule has 0 atom stereocenters. The maximum atomic E-state index is 5.18. The Bertz CT molecular complexity index is 2960. The fourth-order valence-corrected chi connectivity index (χ4v) is 8.83. The number of aromatic nitrogens is 4. The van der Waals surface area contributed by atoms with Gasteiger partial charge in [-0.2, -0.15) is 0 Å². The molecule has 55 heavy (non-hydrogen) atoms. The Labute approximate surface area is 320 Å². The average molecular weight is 707 g/mol.